The summed E-state index contributed by atoms with van der Waals surface area (Å²) in [5, 5.41) is 0.145. The van der Waals surface area contributed by atoms with Crippen molar-refractivity contribution in [1.29, 1.82) is 0 Å². The minimum Gasteiger partial charge on any atom is -0.415 e. The molecule has 1 rings (SSSR count). The Morgan fingerprint density at radius 1 is 1.43 bits per heavy atom. The van der Waals surface area contributed by atoms with Crippen LogP contribution in [0.25, 0.3) is 0 Å². The van der Waals surface area contributed by atoms with E-state index in [0.29, 0.717) is 13.2 Å². The Hall–Kier alpha value is -1.47. The van der Waals surface area contributed by atoms with Gasteiger partial charge in [0.1, 0.15) is 5.69 Å². The molecule has 0 bridgehead atoms. The van der Waals surface area contributed by atoms with Gasteiger partial charge in [-0.15, -0.1) is 0 Å². The fourth-order valence-corrected chi connectivity index (χ4v) is 2.49. The predicted octanol–water partition coefficient (Wildman–Crippen LogP) is 1.86. The molecule has 0 saturated heterocycles. The van der Waals surface area contributed by atoms with Crippen LogP contribution in [0.1, 0.15) is 31.3 Å². The number of aromatic nitrogens is 2. The summed E-state index contributed by atoms with van der Waals surface area (Å²) in [6.07, 6.45) is 1.33. The molecule has 0 aliphatic heterocycles. The van der Waals surface area contributed by atoms with Crippen LogP contribution in [0.5, 0.6) is 0 Å². The third-order valence-corrected chi connectivity index (χ3v) is 8.49. The van der Waals surface area contributed by atoms with Crippen molar-refractivity contribution in [3.8, 4) is 0 Å². The molecule has 0 radical (unpaired) electrons. The molecule has 1 aromatic rings. The first-order valence-corrected chi connectivity index (χ1v) is 9.90. The summed E-state index contributed by atoms with van der Waals surface area (Å²) in [7, 11) is -0.110. The minimum absolute atomic E-state index is 0.145. The number of likely N-dealkylation sites (N-methyl/N-ethyl adjacent to an activating group) is 1. The van der Waals surface area contributed by atoms with Crippen molar-refractivity contribution in [3.05, 3.63) is 28.4 Å². The highest BCUT2D eigenvalue weighted by molar-refractivity contribution is 6.74. The summed E-state index contributed by atoms with van der Waals surface area (Å²) >= 11 is 0. The normalized spacial score (nSPS) is 12.3. The second-order valence-corrected chi connectivity index (χ2v) is 11.4. The molecular formula is C14H25N3O3Si. The Morgan fingerprint density at radius 2 is 2.05 bits per heavy atom. The first-order chi connectivity index (χ1) is 9.54. The van der Waals surface area contributed by atoms with E-state index in [9.17, 15) is 9.59 Å². The van der Waals surface area contributed by atoms with Crippen LogP contribution in [0.2, 0.25) is 18.1 Å². The molecule has 0 aliphatic rings. The fraction of sp³-hybridized carbons (Fsp3) is 0.643. The zero-order valence-electron chi connectivity index (χ0n) is 13.7. The highest BCUT2D eigenvalue weighted by Gasteiger charge is 2.37. The Balaban J connectivity index is 2.57. The SMILES string of the molecule is CN(CCO[Si](C)(C)C(C)(C)C)C(=O)c1ccnc(=O)[nH]1. The van der Waals surface area contributed by atoms with Crippen molar-refractivity contribution in [2.45, 2.75) is 38.9 Å². The number of hydrogen-bond donors (Lipinski definition) is 1. The van der Waals surface area contributed by atoms with Crippen LogP contribution in [-0.4, -0.2) is 49.3 Å². The van der Waals surface area contributed by atoms with Gasteiger partial charge in [-0.1, -0.05) is 20.8 Å². The Morgan fingerprint density at radius 3 is 2.57 bits per heavy atom. The lowest BCUT2D eigenvalue weighted by molar-refractivity contribution is 0.0763. The number of hydrogen-bond acceptors (Lipinski definition) is 4. The molecule has 0 atom stereocenters. The molecule has 0 unspecified atom stereocenters. The van der Waals surface area contributed by atoms with Gasteiger partial charge in [0.05, 0.1) is 6.61 Å². The van der Waals surface area contributed by atoms with Crippen molar-refractivity contribution >= 4 is 14.2 Å². The zero-order chi connectivity index (χ0) is 16.3. The third kappa shape index (κ3) is 4.78. The van der Waals surface area contributed by atoms with E-state index in [-0.39, 0.29) is 16.6 Å². The van der Waals surface area contributed by atoms with Gasteiger partial charge in [0, 0.05) is 19.8 Å². The van der Waals surface area contributed by atoms with Crippen LogP contribution in [0, 0.1) is 0 Å². The van der Waals surface area contributed by atoms with Crippen molar-refractivity contribution < 1.29 is 9.22 Å². The van der Waals surface area contributed by atoms with Crippen LogP contribution in [0.4, 0.5) is 0 Å². The molecular weight excluding hydrogens is 286 g/mol. The van der Waals surface area contributed by atoms with E-state index in [0.717, 1.165) is 0 Å². The topological polar surface area (TPSA) is 75.3 Å². The van der Waals surface area contributed by atoms with Gasteiger partial charge in [0.15, 0.2) is 8.32 Å². The molecule has 0 aliphatic carbocycles. The third-order valence-electron chi connectivity index (χ3n) is 3.95. The molecule has 1 aromatic heterocycles. The second-order valence-electron chi connectivity index (χ2n) is 6.62. The predicted molar refractivity (Wildman–Crippen MR) is 85.0 cm³/mol. The lowest BCUT2D eigenvalue weighted by Crippen LogP contribution is -2.43. The first-order valence-electron chi connectivity index (χ1n) is 6.99. The van der Waals surface area contributed by atoms with Gasteiger partial charge in [0.25, 0.3) is 5.91 Å². The van der Waals surface area contributed by atoms with Crippen LogP contribution >= 0.6 is 0 Å². The van der Waals surface area contributed by atoms with Crippen molar-refractivity contribution in [3.63, 3.8) is 0 Å². The number of carbonyl (C=O) groups excluding carboxylic acids is 1. The quantitative estimate of drug-likeness (QED) is 0.842. The zero-order valence-corrected chi connectivity index (χ0v) is 14.7. The largest absolute Gasteiger partial charge is 0.415 e. The second kappa shape index (κ2) is 6.53. The maximum absolute atomic E-state index is 12.1. The smallest absolute Gasteiger partial charge is 0.345 e. The Kier molecular flexibility index (Phi) is 5.46. The number of amides is 1. The molecule has 1 heterocycles. The molecule has 6 nitrogen and oxygen atoms in total. The van der Waals surface area contributed by atoms with Gasteiger partial charge in [0.2, 0.25) is 0 Å². The summed E-state index contributed by atoms with van der Waals surface area (Å²) in [5.41, 5.74) is -0.281. The van der Waals surface area contributed by atoms with Crippen LogP contribution in [0.15, 0.2) is 17.1 Å². The van der Waals surface area contributed by atoms with Gasteiger partial charge in [-0.25, -0.2) is 9.78 Å². The van der Waals surface area contributed by atoms with Gasteiger partial charge in [-0.3, -0.25) is 4.79 Å². The Labute approximate surface area is 126 Å². The van der Waals surface area contributed by atoms with E-state index in [4.69, 9.17) is 4.43 Å². The van der Waals surface area contributed by atoms with Crippen molar-refractivity contribution in [2.75, 3.05) is 20.2 Å². The van der Waals surface area contributed by atoms with Gasteiger partial charge in [-0.2, -0.15) is 0 Å². The van der Waals surface area contributed by atoms with Gasteiger partial charge >= 0.3 is 5.69 Å². The van der Waals surface area contributed by atoms with Gasteiger partial charge < -0.3 is 14.3 Å². The Bertz CT molecular complexity index is 549. The molecule has 0 spiro atoms. The van der Waals surface area contributed by atoms with E-state index < -0.39 is 14.0 Å². The molecule has 7 heteroatoms. The average Bonchev–Trinajstić information content (AvgIpc) is 2.36. The summed E-state index contributed by atoms with van der Waals surface area (Å²) in [5.74, 6) is -0.242. The number of rotatable bonds is 5. The maximum Gasteiger partial charge on any atom is 0.345 e. The number of carbonyl (C=O) groups is 1. The lowest BCUT2D eigenvalue weighted by atomic mass is 10.2. The van der Waals surface area contributed by atoms with Crippen LogP contribution in [0.3, 0.4) is 0 Å². The molecule has 0 aromatic carbocycles. The van der Waals surface area contributed by atoms with Crippen LogP contribution in [-0.2, 0) is 4.43 Å². The molecule has 0 saturated carbocycles. The minimum atomic E-state index is -1.80. The molecule has 21 heavy (non-hydrogen) atoms. The summed E-state index contributed by atoms with van der Waals surface area (Å²) in [6, 6.07) is 1.49. The molecule has 1 amide bonds. The first kappa shape index (κ1) is 17.6. The summed E-state index contributed by atoms with van der Waals surface area (Å²) < 4.78 is 6.04. The lowest BCUT2D eigenvalue weighted by Gasteiger charge is -2.36. The summed E-state index contributed by atoms with van der Waals surface area (Å²) in [4.78, 5) is 30.7. The average molecular weight is 311 g/mol. The number of nitrogens with one attached hydrogen (secondary N) is 1. The number of H-pyrrole nitrogens is 1. The molecule has 0 fully saturated rings. The van der Waals surface area contributed by atoms with Crippen molar-refractivity contribution in [1.82, 2.24) is 14.9 Å². The monoisotopic (exact) mass is 311 g/mol. The van der Waals surface area contributed by atoms with Crippen LogP contribution < -0.4 is 5.69 Å². The van der Waals surface area contributed by atoms with Gasteiger partial charge in [-0.05, 0) is 24.2 Å². The van der Waals surface area contributed by atoms with E-state index in [1.54, 1.807) is 11.9 Å². The summed E-state index contributed by atoms with van der Waals surface area (Å²) in [6.45, 7) is 11.9. The number of nitrogens with zero attached hydrogens (tertiary/aromatic N) is 2. The highest BCUT2D eigenvalue weighted by atomic mass is 28.4. The highest BCUT2D eigenvalue weighted by Crippen LogP contribution is 2.36. The molecule has 118 valence electrons. The van der Waals surface area contributed by atoms with E-state index in [1.807, 2.05) is 0 Å². The number of aromatic amines is 1. The van der Waals surface area contributed by atoms with E-state index in [1.165, 1.54) is 12.3 Å². The van der Waals surface area contributed by atoms with E-state index in [2.05, 4.69) is 43.8 Å². The fourth-order valence-electron chi connectivity index (χ4n) is 1.45. The molecule has 1 N–H and O–H groups in total. The van der Waals surface area contributed by atoms with Crippen molar-refractivity contribution in [2.24, 2.45) is 0 Å². The maximum atomic E-state index is 12.1. The standard InChI is InChI=1S/C14H25N3O3Si/c1-14(2,3)21(5,6)20-10-9-17(4)12(18)11-7-8-15-13(19)16-11/h7-8H,9-10H2,1-6H3,(H,15,16,19). The van der Waals surface area contributed by atoms with E-state index >= 15 is 0 Å².